The van der Waals surface area contributed by atoms with Crippen LogP contribution in [0, 0.1) is 0 Å². The Morgan fingerprint density at radius 3 is 2.65 bits per heavy atom. The number of hydrogen-bond donors (Lipinski definition) is 1. The molecular weight excluding hydrogens is 254 g/mol. The zero-order chi connectivity index (χ0) is 14.8. The topological polar surface area (TPSA) is 66.3 Å². The van der Waals surface area contributed by atoms with Crippen molar-refractivity contribution in [3.63, 3.8) is 0 Å². The van der Waals surface area contributed by atoms with Crippen LogP contribution in [0.4, 0.5) is 5.82 Å². The van der Waals surface area contributed by atoms with Gasteiger partial charge in [0.25, 0.3) is 0 Å². The zero-order valence-corrected chi connectivity index (χ0v) is 12.5. The van der Waals surface area contributed by atoms with Crippen LogP contribution in [-0.4, -0.2) is 33.1 Å². The van der Waals surface area contributed by atoms with Gasteiger partial charge in [0.2, 0.25) is 0 Å². The summed E-state index contributed by atoms with van der Waals surface area (Å²) < 4.78 is 0. The van der Waals surface area contributed by atoms with E-state index in [0.29, 0.717) is 6.54 Å². The van der Waals surface area contributed by atoms with Gasteiger partial charge < -0.3 is 10.0 Å². The second-order valence-corrected chi connectivity index (χ2v) is 5.79. The number of rotatable bonds is 4. The van der Waals surface area contributed by atoms with E-state index < -0.39 is 11.5 Å². The van der Waals surface area contributed by atoms with Gasteiger partial charge in [0, 0.05) is 17.8 Å². The van der Waals surface area contributed by atoms with E-state index in [2.05, 4.69) is 9.97 Å². The summed E-state index contributed by atoms with van der Waals surface area (Å²) in [6.45, 7) is 6.03. The maximum atomic E-state index is 11.5. The Kier molecular flexibility index (Phi) is 4.26. The van der Waals surface area contributed by atoms with Gasteiger partial charge in [-0.2, -0.15) is 0 Å². The molecule has 0 aliphatic heterocycles. The molecule has 0 saturated carbocycles. The summed E-state index contributed by atoms with van der Waals surface area (Å²) in [5, 5.41) is 9.48. The van der Waals surface area contributed by atoms with Crippen molar-refractivity contribution in [3.8, 4) is 0 Å². The summed E-state index contributed by atoms with van der Waals surface area (Å²) in [6, 6.07) is 0. The smallest absolute Gasteiger partial charge is 0.328 e. The molecule has 0 radical (unpaired) electrons. The molecule has 1 aliphatic rings. The number of likely N-dealkylation sites (N-methyl/N-ethyl adjacent to an activating group) is 1. The second-order valence-electron chi connectivity index (χ2n) is 5.79. The minimum absolute atomic E-state index is 0.614. The van der Waals surface area contributed by atoms with Crippen LogP contribution in [0.3, 0.4) is 0 Å². The molecule has 0 atom stereocenters. The number of carboxylic acids is 1. The first kappa shape index (κ1) is 14.8. The third-order valence-electron chi connectivity index (χ3n) is 4.12. The number of carboxylic acid groups (broad SMARTS) is 1. The summed E-state index contributed by atoms with van der Waals surface area (Å²) in [7, 11) is 0. The van der Waals surface area contributed by atoms with Crippen LogP contribution in [-0.2, 0) is 17.6 Å². The van der Waals surface area contributed by atoms with E-state index >= 15 is 0 Å². The second kappa shape index (κ2) is 5.77. The van der Waals surface area contributed by atoms with Crippen LogP contribution in [0.2, 0.25) is 0 Å². The lowest BCUT2D eigenvalue weighted by Gasteiger charge is -2.36. The van der Waals surface area contributed by atoms with E-state index in [9.17, 15) is 9.90 Å². The average molecular weight is 277 g/mol. The molecule has 1 aromatic heterocycles. The number of hydrogen-bond acceptors (Lipinski definition) is 4. The van der Waals surface area contributed by atoms with Gasteiger partial charge in [-0.3, -0.25) is 0 Å². The van der Waals surface area contributed by atoms with Crippen molar-refractivity contribution in [1.29, 1.82) is 0 Å². The Labute approximate surface area is 120 Å². The predicted molar refractivity (Wildman–Crippen MR) is 78.0 cm³/mol. The molecule has 0 spiro atoms. The Hall–Kier alpha value is -1.65. The lowest BCUT2D eigenvalue weighted by molar-refractivity contribution is -0.142. The molecule has 5 nitrogen and oxygen atoms in total. The van der Waals surface area contributed by atoms with Crippen molar-refractivity contribution < 1.29 is 9.90 Å². The van der Waals surface area contributed by atoms with Crippen molar-refractivity contribution in [2.24, 2.45) is 0 Å². The molecule has 1 N–H and O–H groups in total. The minimum Gasteiger partial charge on any atom is -0.480 e. The Morgan fingerprint density at radius 1 is 1.30 bits per heavy atom. The van der Waals surface area contributed by atoms with Crippen molar-refractivity contribution >= 4 is 11.8 Å². The molecule has 1 aliphatic carbocycles. The zero-order valence-electron chi connectivity index (χ0n) is 12.5. The number of carbonyl (C=O) groups is 1. The first-order valence-electron chi connectivity index (χ1n) is 7.32. The number of fused-ring (bicyclic) bond motifs is 1. The van der Waals surface area contributed by atoms with Crippen LogP contribution in [0.15, 0.2) is 6.33 Å². The van der Waals surface area contributed by atoms with E-state index in [0.717, 1.165) is 42.8 Å². The molecule has 20 heavy (non-hydrogen) atoms. The van der Waals surface area contributed by atoms with Crippen molar-refractivity contribution in [3.05, 3.63) is 17.6 Å². The molecule has 0 aromatic carbocycles. The van der Waals surface area contributed by atoms with Crippen LogP contribution >= 0.6 is 0 Å². The number of nitrogens with zero attached hydrogens (tertiary/aromatic N) is 3. The molecule has 1 aromatic rings. The highest BCUT2D eigenvalue weighted by Crippen LogP contribution is 2.30. The van der Waals surface area contributed by atoms with Gasteiger partial charge in [0.05, 0.1) is 0 Å². The highest BCUT2D eigenvalue weighted by atomic mass is 16.4. The monoisotopic (exact) mass is 277 g/mol. The fourth-order valence-electron chi connectivity index (χ4n) is 2.84. The first-order chi connectivity index (χ1) is 9.48. The molecule has 0 amide bonds. The maximum Gasteiger partial charge on any atom is 0.328 e. The van der Waals surface area contributed by atoms with Crippen molar-refractivity contribution in [2.45, 2.75) is 58.4 Å². The summed E-state index contributed by atoms with van der Waals surface area (Å²) in [6.07, 6.45) is 6.95. The van der Waals surface area contributed by atoms with Gasteiger partial charge in [-0.05, 0) is 46.5 Å². The van der Waals surface area contributed by atoms with Crippen molar-refractivity contribution in [2.75, 3.05) is 11.4 Å². The maximum absolute atomic E-state index is 11.5. The molecule has 110 valence electrons. The van der Waals surface area contributed by atoms with Crippen LogP contribution < -0.4 is 4.90 Å². The number of aliphatic carboxylic acids is 1. The summed E-state index contributed by atoms with van der Waals surface area (Å²) in [4.78, 5) is 22.2. The van der Waals surface area contributed by atoms with E-state index in [4.69, 9.17) is 0 Å². The SMILES string of the molecule is CCN(c1ncnc2c1CCCCC2)C(C)(C)C(=O)O. The minimum atomic E-state index is -0.969. The normalized spacial score (nSPS) is 15.3. The highest BCUT2D eigenvalue weighted by molar-refractivity contribution is 5.82. The summed E-state index contributed by atoms with van der Waals surface area (Å²) >= 11 is 0. The van der Waals surface area contributed by atoms with E-state index in [1.54, 1.807) is 20.2 Å². The van der Waals surface area contributed by atoms with Crippen molar-refractivity contribution in [1.82, 2.24) is 9.97 Å². The standard InChI is InChI=1S/C15H23N3O2/c1-4-18(15(2,3)14(19)20)13-11-8-6-5-7-9-12(11)16-10-17-13/h10H,4-9H2,1-3H3,(H,19,20). The third kappa shape index (κ3) is 2.62. The van der Waals surface area contributed by atoms with Gasteiger partial charge in [0.15, 0.2) is 0 Å². The molecule has 0 fully saturated rings. The molecule has 5 heteroatoms. The number of anilines is 1. The fourth-order valence-corrected chi connectivity index (χ4v) is 2.84. The summed E-state index contributed by atoms with van der Waals surface area (Å²) in [5.74, 6) is -0.0351. The lowest BCUT2D eigenvalue weighted by atomic mass is 10.0. The molecule has 0 unspecified atom stereocenters. The molecule has 0 saturated heterocycles. The fraction of sp³-hybridized carbons (Fsp3) is 0.667. The third-order valence-corrected chi connectivity index (χ3v) is 4.12. The van der Waals surface area contributed by atoms with Crippen LogP contribution in [0.5, 0.6) is 0 Å². The average Bonchev–Trinajstić information content (AvgIpc) is 2.64. The number of aromatic nitrogens is 2. The van der Waals surface area contributed by atoms with E-state index in [-0.39, 0.29) is 0 Å². The predicted octanol–water partition coefficient (Wildman–Crippen LogP) is 2.44. The summed E-state index contributed by atoms with van der Waals surface area (Å²) in [5.41, 5.74) is 1.26. The molecule has 0 bridgehead atoms. The number of aryl methyl sites for hydroxylation is 1. The van der Waals surface area contributed by atoms with Gasteiger partial charge in [0.1, 0.15) is 17.7 Å². The highest BCUT2D eigenvalue weighted by Gasteiger charge is 2.36. The van der Waals surface area contributed by atoms with E-state index in [1.165, 1.54) is 6.42 Å². The van der Waals surface area contributed by atoms with Crippen LogP contribution in [0.25, 0.3) is 0 Å². The quantitative estimate of drug-likeness (QED) is 0.856. The van der Waals surface area contributed by atoms with Gasteiger partial charge in [-0.1, -0.05) is 6.42 Å². The van der Waals surface area contributed by atoms with Gasteiger partial charge in [-0.15, -0.1) is 0 Å². The van der Waals surface area contributed by atoms with E-state index in [1.807, 2.05) is 11.8 Å². The lowest BCUT2D eigenvalue weighted by Crippen LogP contribution is -2.51. The first-order valence-corrected chi connectivity index (χ1v) is 7.32. The van der Waals surface area contributed by atoms with Gasteiger partial charge >= 0.3 is 5.97 Å². The molecular formula is C15H23N3O2. The Morgan fingerprint density at radius 2 is 2.00 bits per heavy atom. The molecule has 2 rings (SSSR count). The largest absolute Gasteiger partial charge is 0.480 e. The van der Waals surface area contributed by atoms with Crippen LogP contribution in [0.1, 0.15) is 51.3 Å². The Bertz CT molecular complexity index is 500. The van der Waals surface area contributed by atoms with Gasteiger partial charge in [-0.25, -0.2) is 14.8 Å². The Balaban J connectivity index is 2.48. The molecule has 1 heterocycles.